The Morgan fingerprint density at radius 3 is 1.76 bits per heavy atom. The first-order valence-corrected chi connectivity index (χ1v) is 7.73. The van der Waals surface area contributed by atoms with Crippen molar-refractivity contribution in [3.05, 3.63) is 71.8 Å². The van der Waals surface area contributed by atoms with Gasteiger partial charge in [0.1, 0.15) is 0 Å². The molecule has 1 aliphatic rings. The molecule has 1 fully saturated rings. The molecule has 0 bridgehead atoms. The predicted molar refractivity (Wildman–Crippen MR) is 87.8 cm³/mol. The van der Waals surface area contributed by atoms with E-state index in [4.69, 9.17) is 5.41 Å². The molecule has 0 amide bonds. The molecule has 0 radical (unpaired) electrons. The van der Waals surface area contributed by atoms with Gasteiger partial charge in [-0.25, -0.2) is 0 Å². The first-order chi connectivity index (χ1) is 10.4. The third-order valence-electron chi connectivity index (χ3n) is 4.55. The molecule has 2 aromatic rings. The van der Waals surface area contributed by atoms with Gasteiger partial charge in [-0.05, 0) is 29.9 Å². The van der Waals surface area contributed by atoms with Gasteiger partial charge in [0.05, 0.1) is 6.34 Å². The van der Waals surface area contributed by atoms with E-state index in [1.165, 1.54) is 17.5 Å². The Labute approximate surface area is 126 Å². The molecule has 3 rings (SSSR count). The predicted octanol–water partition coefficient (Wildman–Crippen LogP) is 4.14. The molecule has 1 N–H and O–H groups in total. The first-order valence-electron chi connectivity index (χ1n) is 7.73. The van der Waals surface area contributed by atoms with Crippen molar-refractivity contribution in [1.29, 1.82) is 5.41 Å². The van der Waals surface area contributed by atoms with Crippen LogP contribution in [0, 0.1) is 11.3 Å². The Hall–Kier alpha value is -2.09. The second kappa shape index (κ2) is 6.57. The molecule has 21 heavy (non-hydrogen) atoms. The van der Waals surface area contributed by atoms with E-state index in [1.807, 2.05) is 0 Å². The SMILES string of the molecule is N=CN1CCC(C(c2ccccc2)c2ccccc2)CC1. The third kappa shape index (κ3) is 3.15. The van der Waals surface area contributed by atoms with Crippen molar-refractivity contribution in [3.8, 4) is 0 Å². The summed E-state index contributed by atoms with van der Waals surface area (Å²) in [7, 11) is 0. The van der Waals surface area contributed by atoms with Crippen molar-refractivity contribution in [2.24, 2.45) is 5.92 Å². The Balaban J connectivity index is 1.89. The standard InChI is InChI=1S/C19H22N2/c20-15-21-13-11-18(12-14-21)19(16-7-3-1-4-8-16)17-9-5-2-6-10-17/h1-10,15,18-20H,11-14H2. The zero-order chi connectivity index (χ0) is 14.5. The highest BCUT2D eigenvalue weighted by molar-refractivity contribution is 5.50. The summed E-state index contributed by atoms with van der Waals surface area (Å²) in [6, 6.07) is 21.7. The minimum atomic E-state index is 0.472. The third-order valence-corrected chi connectivity index (χ3v) is 4.55. The van der Waals surface area contributed by atoms with Gasteiger partial charge in [-0.1, -0.05) is 60.7 Å². The van der Waals surface area contributed by atoms with Crippen LogP contribution in [-0.4, -0.2) is 24.3 Å². The van der Waals surface area contributed by atoms with Crippen molar-refractivity contribution >= 4 is 6.34 Å². The summed E-state index contributed by atoms with van der Waals surface area (Å²) in [5.41, 5.74) is 2.83. The molecule has 0 aromatic heterocycles. The molecule has 1 saturated heterocycles. The number of piperidine rings is 1. The zero-order valence-electron chi connectivity index (χ0n) is 12.3. The summed E-state index contributed by atoms with van der Waals surface area (Å²) in [5, 5.41) is 7.40. The van der Waals surface area contributed by atoms with E-state index < -0.39 is 0 Å². The highest BCUT2D eigenvalue weighted by atomic mass is 15.1. The Morgan fingerprint density at radius 1 is 0.857 bits per heavy atom. The van der Waals surface area contributed by atoms with Crippen LogP contribution in [-0.2, 0) is 0 Å². The average molecular weight is 278 g/mol. The van der Waals surface area contributed by atoms with Crippen LogP contribution >= 0.6 is 0 Å². The maximum absolute atomic E-state index is 7.40. The van der Waals surface area contributed by atoms with Crippen LogP contribution < -0.4 is 0 Å². The van der Waals surface area contributed by atoms with Gasteiger partial charge < -0.3 is 4.90 Å². The molecule has 0 unspecified atom stereocenters. The number of hydrogen-bond acceptors (Lipinski definition) is 1. The lowest BCUT2D eigenvalue weighted by atomic mass is 9.76. The van der Waals surface area contributed by atoms with E-state index >= 15 is 0 Å². The topological polar surface area (TPSA) is 27.1 Å². The fourth-order valence-corrected chi connectivity index (χ4v) is 3.44. The number of nitrogens with zero attached hydrogens (tertiary/aromatic N) is 1. The van der Waals surface area contributed by atoms with E-state index in [9.17, 15) is 0 Å². The number of rotatable bonds is 4. The molecule has 0 aliphatic carbocycles. The van der Waals surface area contributed by atoms with Crippen LogP contribution in [0.2, 0.25) is 0 Å². The molecule has 0 atom stereocenters. The van der Waals surface area contributed by atoms with E-state index in [1.54, 1.807) is 0 Å². The maximum atomic E-state index is 7.40. The molecule has 2 nitrogen and oxygen atoms in total. The molecule has 0 spiro atoms. The second-order valence-corrected chi connectivity index (χ2v) is 5.80. The molecule has 1 heterocycles. The molecule has 1 aliphatic heterocycles. The van der Waals surface area contributed by atoms with Crippen LogP contribution in [0.15, 0.2) is 60.7 Å². The highest BCUT2D eigenvalue weighted by Gasteiger charge is 2.27. The van der Waals surface area contributed by atoms with Gasteiger partial charge in [-0.2, -0.15) is 0 Å². The lowest BCUT2D eigenvalue weighted by Crippen LogP contribution is -2.34. The largest absolute Gasteiger partial charge is 0.363 e. The molecular weight excluding hydrogens is 256 g/mol. The van der Waals surface area contributed by atoms with E-state index in [0.29, 0.717) is 11.8 Å². The first kappa shape index (κ1) is 13.9. The van der Waals surface area contributed by atoms with Gasteiger partial charge in [0.25, 0.3) is 0 Å². The van der Waals surface area contributed by atoms with Crippen molar-refractivity contribution in [3.63, 3.8) is 0 Å². The summed E-state index contributed by atoms with van der Waals surface area (Å²) in [6.45, 7) is 2.01. The van der Waals surface area contributed by atoms with Gasteiger partial charge in [-0.15, -0.1) is 0 Å². The Bertz CT molecular complexity index is 517. The fraction of sp³-hybridized carbons (Fsp3) is 0.316. The minimum Gasteiger partial charge on any atom is -0.363 e. The van der Waals surface area contributed by atoms with Crippen molar-refractivity contribution in [1.82, 2.24) is 4.90 Å². The number of likely N-dealkylation sites (tertiary alicyclic amines) is 1. The lowest BCUT2D eigenvalue weighted by molar-refractivity contribution is 0.253. The van der Waals surface area contributed by atoms with Crippen LogP contribution in [0.4, 0.5) is 0 Å². The molecule has 2 heteroatoms. The lowest BCUT2D eigenvalue weighted by Gasteiger charge is -2.35. The monoisotopic (exact) mass is 278 g/mol. The van der Waals surface area contributed by atoms with Gasteiger partial charge >= 0.3 is 0 Å². The number of hydrogen-bond donors (Lipinski definition) is 1. The maximum Gasteiger partial charge on any atom is 0.0817 e. The van der Waals surface area contributed by atoms with Gasteiger partial charge in [0, 0.05) is 19.0 Å². The smallest absolute Gasteiger partial charge is 0.0817 e. The molecule has 108 valence electrons. The second-order valence-electron chi connectivity index (χ2n) is 5.80. The van der Waals surface area contributed by atoms with Gasteiger partial charge in [-0.3, -0.25) is 5.41 Å². The zero-order valence-corrected chi connectivity index (χ0v) is 12.3. The van der Waals surface area contributed by atoms with Crippen molar-refractivity contribution < 1.29 is 0 Å². The summed E-state index contributed by atoms with van der Waals surface area (Å²) < 4.78 is 0. The molecule has 2 aromatic carbocycles. The summed E-state index contributed by atoms with van der Waals surface area (Å²) >= 11 is 0. The minimum absolute atomic E-state index is 0.472. The molecular formula is C19H22N2. The van der Waals surface area contributed by atoms with E-state index in [2.05, 4.69) is 65.6 Å². The summed E-state index contributed by atoms with van der Waals surface area (Å²) in [6.07, 6.45) is 3.80. The van der Waals surface area contributed by atoms with Crippen molar-refractivity contribution in [2.45, 2.75) is 18.8 Å². The van der Waals surface area contributed by atoms with Crippen LogP contribution in [0.25, 0.3) is 0 Å². The normalized spacial score (nSPS) is 16.1. The fourth-order valence-electron chi connectivity index (χ4n) is 3.44. The van der Waals surface area contributed by atoms with Crippen LogP contribution in [0.3, 0.4) is 0 Å². The van der Waals surface area contributed by atoms with E-state index in [-0.39, 0.29) is 0 Å². The average Bonchev–Trinajstić information content (AvgIpc) is 2.58. The molecule has 0 saturated carbocycles. The van der Waals surface area contributed by atoms with E-state index in [0.717, 1.165) is 25.9 Å². The van der Waals surface area contributed by atoms with Gasteiger partial charge in [0.2, 0.25) is 0 Å². The Morgan fingerprint density at radius 2 is 1.33 bits per heavy atom. The highest BCUT2D eigenvalue weighted by Crippen LogP contribution is 2.37. The Kier molecular flexibility index (Phi) is 4.34. The number of nitrogens with one attached hydrogen (secondary N) is 1. The quantitative estimate of drug-likeness (QED) is 0.660. The number of benzene rings is 2. The summed E-state index contributed by atoms with van der Waals surface area (Å²) in [4.78, 5) is 2.11. The summed E-state index contributed by atoms with van der Waals surface area (Å²) in [5.74, 6) is 1.13. The van der Waals surface area contributed by atoms with Gasteiger partial charge in [0.15, 0.2) is 0 Å². The van der Waals surface area contributed by atoms with Crippen LogP contribution in [0.5, 0.6) is 0 Å². The van der Waals surface area contributed by atoms with Crippen molar-refractivity contribution in [2.75, 3.05) is 13.1 Å². The van der Waals surface area contributed by atoms with Crippen LogP contribution in [0.1, 0.15) is 29.9 Å².